The number of hydrogen-bond donors (Lipinski definition) is 3. The van der Waals surface area contributed by atoms with Crippen LogP contribution in [0.3, 0.4) is 0 Å². The van der Waals surface area contributed by atoms with E-state index in [0.29, 0.717) is 41.3 Å². The van der Waals surface area contributed by atoms with Crippen molar-refractivity contribution in [3.8, 4) is 5.82 Å². The third-order valence-corrected chi connectivity index (χ3v) is 8.11. The van der Waals surface area contributed by atoms with E-state index in [0.717, 1.165) is 69.1 Å². The predicted octanol–water partition coefficient (Wildman–Crippen LogP) is 5.70. The van der Waals surface area contributed by atoms with Gasteiger partial charge in [0.15, 0.2) is 0 Å². The summed E-state index contributed by atoms with van der Waals surface area (Å²) in [4.78, 5) is 30.9. The number of nitrogens with zero attached hydrogens (tertiary/aromatic N) is 6. The molecule has 2 aliphatic rings. The number of carbonyl (C=O) groups excluding carboxylic acids is 1. The highest BCUT2D eigenvalue weighted by molar-refractivity contribution is 6.04. The first-order valence-electron chi connectivity index (χ1n) is 15.1. The number of alkyl halides is 3. The van der Waals surface area contributed by atoms with Crippen LogP contribution in [0.5, 0.6) is 0 Å². The zero-order chi connectivity index (χ0) is 31.6. The normalized spacial score (nSPS) is 16.0. The van der Waals surface area contributed by atoms with Gasteiger partial charge in [0.2, 0.25) is 5.95 Å². The average molecular weight is 620 g/mol. The van der Waals surface area contributed by atoms with E-state index in [1.165, 1.54) is 6.33 Å². The standard InChI is InChI=1S/C32H36F3N9O/c1-3-42-10-12-43(13-11-42)19-22-14-23(16-24(15-22)32(33,34)35)30(45)40-26-5-4-21(2)27(17-26)41-31-36-8-9-44(31)29-18-28(37-20-38-29)39-25-6-7-25/h4-5,8-9,14-18,20,25H,3,6-7,10-13,19H2,1-2H3,(H,36,41)(H,40,45)(H,37,38,39). The summed E-state index contributed by atoms with van der Waals surface area (Å²) < 4.78 is 43.3. The van der Waals surface area contributed by atoms with Gasteiger partial charge >= 0.3 is 6.18 Å². The molecule has 0 radical (unpaired) electrons. The average Bonchev–Trinajstić information content (AvgIpc) is 3.72. The van der Waals surface area contributed by atoms with Crippen LogP contribution in [0.2, 0.25) is 0 Å². The number of imidazole rings is 1. The third-order valence-electron chi connectivity index (χ3n) is 8.11. The minimum Gasteiger partial charge on any atom is -0.367 e. The molecule has 0 atom stereocenters. The predicted molar refractivity (Wildman–Crippen MR) is 167 cm³/mol. The van der Waals surface area contributed by atoms with Gasteiger partial charge < -0.3 is 20.9 Å². The number of anilines is 4. The summed E-state index contributed by atoms with van der Waals surface area (Å²) in [6, 6.07) is 11.2. The van der Waals surface area contributed by atoms with Crippen molar-refractivity contribution < 1.29 is 18.0 Å². The number of likely N-dealkylation sites (N-methyl/N-ethyl adjacent to an activating group) is 1. The van der Waals surface area contributed by atoms with Crippen LogP contribution >= 0.6 is 0 Å². The second-order valence-electron chi connectivity index (χ2n) is 11.5. The highest BCUT2D eigenvalue weighted by atomic mass is 19.4. The summed E-state index contributed by atoms with van der Waals surface area (Å²) in [5.74, 6) is 1.24. The van der Waals surface area contributed by atoms with Crippen LogP contribution in [-0.4, -0.2) is 74.0 Å². The van der Waals surface area contributed by atoms with Crippen LogP contribution in [0, 0.1) is 6.92 Å². The lowest BCUT2D eigenvalue weighted by atomic mass is 10.0. The molecule has 236 valence electrons. The first-order valence-corrected chi connectivity index (χ1v) is 15.1. The first-order chi connectivity index (χ1) is 21.6. The Bertz CT molecular complexity index is 1660. The zero-order valence-electron chi connectivity index (χ0n) is 25.2. The Morgan fingerprint density at radius 2 is 1.76 bits per heavy atom. The number of aromatic nitrogens is 4. The van der Waals surface area contributed by atoms with E-state index >= 15 is 0 Å². The highest BCUT2D eigenvalue weighted by Gasteiger charge is 2.32. The molecular formula is C32H36F3N9O. The number of carbonyl (C=O) groups is 1. The molecule has 4 aromatic rings. The van der Waals surface area contributed by atoms with Gasteiger partial charge in [0.05, 0.1) is 5.56 Å². The van der Waals surface area contributed by atoms with E-state index in [1.54, 1.807) is 35.2 Å². The van der Waals surface area contributed by atoms with Gasteiger partial charge in [-0.1, -0.05) is 13.0 Å². The molecule has 0 unspecified atom stereocenters. The van der Waals surface area contributed by atoms with Gasteiger partial charge in [-0.05, 0) is 67.8 Å². The molecule has 3 N–H and O–H groups in total. The van der Waals surface area contributed by atoms with Crippen LogP contribution in [-0.2, 0) is 12.7 Å². The second-order valence-corrected chi connectivity index (χ2v) is 11.5. The maximum atomic E-state index is 13.8. The lowest BCUT2D eigenvalue weighted by Gasteiger charge is -2.34. The van der Waals surface area contributed by atoms with Crippen LogP contribution in [0.25, 0.3) is 5.82 Å². The van der Waals surface area contributed by atoms with Gasteiger partial charge in [0.1, 0.15) is 18.0 Å². The molecule has 2 aromatic heterocycles. The number of rotatable bonds is 10. The van der Waals surface area contributed by atoms with Crippen LogP contribution in [0.4, 0.5) is 36.3 Å². The van der Waals surface area contributed by atoms with Crippen LogP contribution in [0.15, 0.2) is 61.2 Å². The number of hydrogen-bond acceptors (Lipinski definition) is 8. The fourth-order valence-corrected chi connectivity index (χ4v) is 5.33. The Hall–Kier alpha value is -4.49. The van der Waals surface area contributed by atoms with Crippen molar-refractivity contribution in [2.45, 2.75) is 45.5 Å². The summed E-state index contributed by atoms with van der Waals surface area (Å²) in [6.45, 7) is 8.55. The maximum absolute atomic E-state index is 13.8. The topological polar surface area (TPSA) is 103 Å². The molecule has 1 aliphatic heterocycles. The van der Waals surface area contributed by atoms with Gasteiger partial charge in [-0.25, -0.2) is 15.0 Å². The van der Waals surface area contributed by atoms with Crippen molar-refractivity contribution in [2.24, 2.45) is 0 Å². The molecular weight excluding hydrogens is 583 g/mol. The molecule has 6 rings (SSSR count). The van der Waals surface area contributed by atoms with Crippen molar-refractivity contribution in [1.82, 2.24) is 29.3 Å². The number of nitrogens with one attached hydrogen (secondary N) is 3. The first kappa shape index (κ1) is 30.5. The zero-order valence-corrected chi connectivity index (χ0v) is 25.2. The van der Waals surface area contributed by atoms with E-state index in [-0.39, 0.29) is 5.56 Å². The largest absolute Gasteiger partial charge is 0.416 e. The summed E-state index contributed by atoms with van der Waals surface area (Å²) in [6.07, 6.45) is 2.59. The van der Waals surface area contributed by atoms with Gasteiger partial charge in [-0.3, -0.25) is 14.3 Å². The minimum atomic E-state index is -4.58. The minimum absolute atomic E-state index is 0.0444. The number of halogens is 3. The van der Waals surface area contributed by atoms with E-state index in [4.69, 9.17) is 0 Å². The van der Waals surface area contributed by atoms with Crippen molar-refractivity contribution in [3.05, 3.63) is 83.4 Å². The van der Waals surface area contributed by atoms with E-state index in [1.807, 2.05) is 19.1 Å². The van der Waals surface area contributed by atoms with Gasteiger partial charge in [-0.2, -0.15) is 13.2 Å². The molecule has 1 aliphatic carbocycles. The maximum Gasteiger partial charge on any atom is 0.416 e. The summed E-state index contributed by atoms with van der Waals surface area (Å²) >= 11 is 0. The molecule has 3 heterocycles. The van der Waals surface area contributed by atoms with Crippen molar-refractivity contribution in [1.29, 1.82) is 0 Å². The third kappa shape index (κ3) is 7.60. The van der Waals surface area contributed by atoms with Crippen molar-refractivity contribution >= 4 is 29.0 Å². The molecule has 2 aromatic carbocycles. The molecule has 0 bridgehead atoms. The molecule has 13 heteroatoms. The SMILES string of the molecule is CCN1CCN(Cc2cc(C(=O)Nc3ccc(C)c(Nc4nccn4-c4cc(NC5CC5)ncn4)c3)cc(C(F)(F)F)c2)CC1. The monoisotopic (exact) mass is 619 g/mol. The quantitative estimate of drug-likeness (QED) is 0.208. The fourth-order valence-electron chi connectivity index (χ4n) is 5.33. The lowest BCUT2D eigenvalue weighted by Crippen LogP contribution is -2.45. The van der Waals surface area contributed by atoms with E-state index in [9.17, 15) is 18.0 Å². The molecule has 1 saturated carbocycles. The Morgan fingerprint density at radius 3 is 2.49 bits per heavy atom. The molecule has 0 spiro atoms. The summed E-state index contributed by atoms with van der Waals surface area (Å²) in [5.41, 5.74) is 1.55. The number of piperazine rings is 1. The van der Waals surface area contributed by atoms with Crippen molar-refractivity contribution in [2.75, 3.05) is 48.7 Å². The molecule has 2 fully saturated rings. The number of benzene rings is 2. The van der Waals surface area contributed by atoms with Crippen LogP contribution < -0.4 is 16.0 Å². The molecule has 1 amide bonds. The Kier molecular flexibility index (Phi) is 8.72. The smallest absolute Gasteiger partial charge is 0.367 e. The van der Waals surface area contributed by atoms with Crippen LogP contribution in [0.1, 0.15) is 46.8 Å². The van der Waals surface area contributed by atoms with Gasteiger partial charge in [-0.15, -0.1) is 0 Å². The van der Waals surface area contributed by atoms with Crippen molar-refractivity contribution in [3.63, 3.8) is 0 Å². The van der Waals surface area contributed by atoms with E-state index < -0.39 is 17.6 Å². The fraction of sp³-hybridized carbons (Fsp3) is 0.375. The number of amides is 1. The lowest BCUT2D eigenvalue weighted by molar-refractivity contribution is -0.137. The van der Waals surface area contributed by atoms with E-state index in [2.05, 4.69) is 47.6 Å². The number of aryl methyl sites for hydroxylation is 1. The molecule has 1 saturated heterocycles. The summed E-state index contributed by atoms with van der Waals surface area (Å²) in [7, 11) is 0. The van der Waals surface area contributed by atoms with Gasteiger partial charge in [0, 0.05) is 74.2 Å². The second kappa shape index (κ2) is 12.9. The Labute approximate surface area is 259 Å². The van der Waals surface area contributed by atoms with Gasteiger partial charge in [0.25, 0.3) is 5.91 Å². The Morgan fingerprint density at radius 1 is 0.978 bits per heavy atom. The Balaban J connectivity index is 1.19. The highest BCUT2D eigenvalue weighted by Crippen LogP contribution is 2.32. The molecule has 10 nitrogen and oxygen atoms in total. The summed E-state index contributed by atoms with van der Waals surface area (Å²) in [5, 5.41) is 9.44. The molecule has 45 heavy (non-hydrogen) atoms.